The topological polar surface area (TPSA) is 17.1 Å². The Balaban J connectivity index is 3.64. The first-order valence-electron chi connectivity index (χ1n) is 3.65. The van der Waals surface area contributed by atoms with E-state index in [9.17, 15) is 4.79 Å². The first-order valence-corrected chi connectivity index (χ1v) is 3.65. The second-order valence-corrected chi connectivity index (χ2v) is 2.43. The Morgan fingerprint density at radius 3 is 2.50 bits per heavy atom. The molecule has 0 N–H and O–H groups in total. The number of hydrogen-bond acceptors (Lipinski definition) is 1. The van der Waals surface area contributed by atoms with Crippen molar-refractivity contribution >= 4 is 18.4 Å². The van der Waals surface area contributed by atoms with Crippen molar-refractivity contribution < 1.29 is 4.79 Å². The Morgan fingerprint density at radius 2 is 2.00 bits per heavy atom. The maximum absolute atomic E-state index is 10.6. The third-order valence-electron chi connectivity index (χ3n) is 1.68. The lowest BCUT2D eigenvalue weighted by Crippen LogP contribution is -2.24. The Kier molecular flexibility index (Phi) is 2.59. The molecule has 0 aliphatic heterocycles. The molecule has 0 aromatic heterocycles. The van der Waals surface area contributed by atoms with Crippen LogP contribution in [0.1, 0.15) is 0 Å². The highest BCUT2D eigenvalue weighted by Gasteiger charge is 1.89. The number of aldehydes is 1. The Hall–Kier alpha value is -1.63. The first kappa shape index (κ1) is 8.47. The highest BCUT2D eigenvalue weighted by atomic mass is 16.1. The predicted molar refractivity (Wildman–Crippen MR) is 50.9 cm³/mol. The van der Waals surface area contributed by atoms with Crippen molar-refractivity contribution in [1.29, 1.82) is 0 Å². The van der Waals surface area contributed by atoms with Crippen LogP contribution in [-0.2, 0) is 4.79 Å². The molecule has 1 nitrogen and oxygen atoms in total. The van der Waals surface area contributed by atoms with Gasteiger partial charge in [0.2, 0.25) is 0 Å². The standard InChI is InChI=1S/C11H10O/c1-3-10(8-12)11-7-5-4-6-9(11)2/h3-8H,1-2H2/b11-10+. The number of allylic oxidation sites excluding steroid dienone is 1. The lowest BCUT2D eigenvalue weighted by atomic mass is 10.1. The van der Waals surface area contributed by atoms with E-state index in [0.29, 0.717) is 5.57 Å². The number of carbonyl (C=O) groups is 1. The lowest BCUT2D eigenvalue weighted by molar-refractivity contribution is -0.103. The molecule has 0 atom stereocenters. The fourth-order valence-corrected chi connectivity index (χ4v) is 1.02. The lowest BCUT2D eigenvalue weighted by Gasteiger charge is -1.90. The van der Waals surface area contributed by atoms with E-state index < -0.39 is 0 Å². The van der Waals surface area contributed by atoms with Crippen LogP contribution in [0.25, 0.3) is 12.2 Å². The summed E-state index contributed by atoms with van der Waals surface area (Å²) in [6, 6.07) is 7.48. The minimum absolute atomic E-state index is 0.584. The summed E-state index contributed by atoms with van der Waals surface area (Å²) in [5, 5.41) is 1.70. The molecule has 12 heavy (non-hydrogen) atoms. The summed E-state index contributed by atoms with van der Waals surface area (Å²) < 4.78 is 0. The summed E-state index contributed by atoms with van der Waals surface area (Å²) in [4.78, 5) is 10.6. The van der Waals surface area contributed by atoms with E-state index in [1.54, 1.807) is 0 Å². The van der Waals surface area contributed by atoms with Crippen molar-refractivity contribution in [1.82, 2.24) is 0 Å². The average Bonchev–Trinajstić information content (AvgIpc) is 2.10. The molecule has 0 aliphatic rings. The van der Waals surface area contributed by atoms with E-state index in [0.717, 1.165) is 16.7 Å². The number of rotatable bonds is 2. The van der Waals surface area contributed by atoms with E-state index in [4.69, 9.17) is 0 Å². The summed E-state index contributed by atoms with van der Waals surface area (Å²) >= 11 is 0. The molecule has 0 unspecified atom stereocenters. The normalized spacial score (nSPS) is 12.0. The van der Waals surface area contributed by atoms with Crippen LogP contribution < -0.4 is 10.4 Å². The van der Waals surface area contributed by atoms with Crippen molar-refractivity contribution in [2.45, 2.75) is 0 Å². The largest absolute Gasteiger partial charge is 0.298 e. The van der Waals surface area contributed by atoms with Gasteiger partial charge in [-0.1, -0.05) is 43.5 Å². The summed E-state index contributed by atoms with van der Waals surface area (Å²) in [6.45, 7) is 7.36. The van der Waals surface area contributed by atoms with Crippen LogP contribution in [0.2, 0.25) is 0 Å². The van der Waals surface area contributed by atoms with Gasteiger partial charge in [0.1, 0.15) is 0 Å². The fraction of sp³-hybridized carbons (Fsp3) is 0. The maximum Gasteiger partial charge on any atom is 0.150 e. The zero-order chi connectivity index (χ0) is 8.97. The van der Waals surface area contributed by atoms with Crippen LogP contribution in [0.4, 0.5) is 0 Å². The van der Waals surface area contributed by atoms with Crippen LogP contribution in [0.3, 0.4) is 0 Å². The van der Waals surface area contributed by atoms with Gasteiger partial charge in [0, 0.05) is 5.57 Å². The first-order chi connectivity index (χ1) is 5.79. The minimum atomic E-state index is 0.584. The maximum atomic E-state index is 10.6. The quantitative estimate of drug-likeness (QED) is 0.577. The average molecular weight is 158 g/mol. The molecule has 0 spiro atoms. The van der Waals surface area contributed by atoms with Gasteiger partial charge in [-0.15, -0.1) is 0 Å². The van der Waals surface area contributed by atoms with Gasteiger partial charge in [-0.05, 0) is 10.4 Å². The van der Waals surface area contributed by atoms with Crippen LogP contribution in [0, 0.1) is 0 Å². The molecule has 0 fully saturated rings. The van der Waals surface area contributed by atoms with Gasteiger partial charge < -0.3 is 0 Å². The number of carbonyl (C=O) groups excluding carboxylic acids is 1. The monoisotopic (exact) mass is 158 g/mol. The Labute approximate surface area is 71.3 Å². The molecular weight excluding hydrogens is 148 g/mol. The van der Waals surface area contributed by atoms with E-state index in [-0.39, 0.29) is 0 Å². The van der Waals surface area contributed by atoms with E-state index in [1.165, 1.54) is 6.08 Å². The van der Waals surface area contributed by atoms with Gasteiger partial charge >= 0.3 is 0 Å². The second kappa shape index (κ2) is 3.67. The molecule has 1 rings (SSSR count). The summed E-state index contributed by atoms with van der Waals surface area (Å²) in [5.41, 5.74) is 0.584. The fourth-order valence-electron chi connectivity index (χ4n) is 1.02. The van der Waals surface area contributed by atoms with Crippen molar-refractivity contribution in [2.75, 3.05) is 0 Å². The molecular formula is C11H10O. The summed E-state index contributed by atoms with van der Waals surface area (Å²) in [7, 11) is 0. The van der Waals surface area contributed by atoms with Gasteiger partial charge in [-0.3, -0.25) is 4.79 Å². The highest BCUT2D eigenvalue weighted by molar-refractivity contribution is 6.03. The predicted octanol–water partition coefficient (Wildman–Crippen LogP) is 0.633. The van der Waals surface area contributed by atoms with Gasteiger partial charge in [-0.25, -0.2) is 0 Å². The summed E-state index contributed by atoms with van der Waals surface area (Å²) in [5.74, 6) is 0. The molecule has 0 bridgehead atoms. The van der Waals surface area contributed by atoms with Crippen molar-refractivity contribution in [3.8, 4) is 0 Å². The Bertz CT molecular complexity index is 391. The van der Waals surface area contributed by atoms with Gasteiger partial charge in [0.25, 0.3) is 0 Å². The number of benzene rings is 1. The van der Waals surface area contributed by atoms with Crippen molar-refractivity contribution in [2.24, 2.45) is 0 Å². The molecule has 60 valence electrons. The summed E-state index contributed by atoms with van der Waals surface area (Å²) in [6.07, 6.45) is 2.33. The molecule has 0 amide bonds. The molecule has 0 heterocycles. The van der Waals surface area contributed by atoms with E-state index >= 15 is 0 Å². The van der Waals surface area contributed by atoms with E-state index in [1.807, 2.05) is 24.3 Å². The highest BCUT2D eigenvalue weighted by Crippen LogP contribution is 1.85. The Morgan fingerprint density at radius 1 is 1.33 bits per heavy atom. The SMILES string of the molecule is C=C/C(C=O)=c1/ccccc1=C. The molecule has 1 aromatic rings. The van der Waals surface area contributed by atoms with Crippen LogP contribution in [0.5, 0.6) is 0 Å². The second-order valence-electron chi connectivity index (χ2n) is 2.43. The zero-order valence-electron chi connectivity index (χ0n) is 6.79. The zero-order valence-corrected chi connectivity index (χ0v) is 6.79. The smallest absolute Gasteiger partial charge is 0.150 e. The van der Waals surface area contributed by atoms with E-state index in [2.05, 4.69) is 13.2 Å². The minimum Gasteiger partial charge on any atom is -0.298 e. The molecule has 1 aromatic carbocycles. The van der Waals surface area contributed by atoms with Gasteiger partial charge in [0.15, 0.2) is 6.29 Å². The van der Waals surface area contributed by atoms with Gasteiger partial charge in [-0.2, -0.15) is 0 Å². The molecule has 0 saturated carbocycles. The third kappa shape index (κ3) is 1.51. The molecule has 0 radical (unpaired) electrons. The molecule has 0 aliphatic carbocycles. The van der Waals surface area contributed by atoms with Crippen LogP contribution in [0.15, 0.2) is 36.9 Å². The van der Waals surface area contributed by atoms with Gasteiger partial charge in [0.05, 0.1) is 0 Å². The van der Waals surface area contributed by atoms with Crippen molar-refractivity contribution in [3.05, 3.63) is 47.4 Å². The molecule has 0 saturated heterocycles. The third-order valence-corrected chi connectivity index (χ3v) is 1.68. The molecule has 1 heteroatoms. The van der Waals surface area contributed by atoms with Crippen LogP contribution >= 0.6 is 0 Å². The van der Waals surface area contributed by atoms with Crippen LogP contribution in [-0.4, -0.2) is 6.29 Å². The van der Waals surface area contributed by atoms with Crippen molar-refractivity contribution in [3.63, 3.8) is 0 Å². The number of hydrogen-bond donors (Lipinski definition) is 0.